The van der Waals surface area contributed by atoms with E-state index in [-0.39, 0.29) is 5.91 Å². The monoisotopic (exact) mass is 387 g/mol. The van der Waals surface area contributed by atoms with Gasteiger partial charge in [-0.05, 0) is 37.3 Å². The Labute approximate surface area is 157 Å². The number of thiophene rings is 1. The molecule has 0 bridgehead atoms. The summed E-state index contributed by atoms with van der Waals surface area (Å²) in [5, 5.41) is 13.4. The van der Waals surface area contributed by atoms with Crippen LogP contribution in [-0.2, 0) is 4.79 Å². The van der Waals surface area contributed by atoms with Gasteiger partial charge >= 0.3 is 6.03 Å². The summed E-state index contributed by atoms with van der Waals surface area (Å²) < 4.78 is 0.596. The molecule has 3 amide bonds. The Morgan fingerprint density at radius 2 is 2.15 bits per heavy atom. The number of urea groups is 1. The molecule has 7 nitrogen and oxygen atoms in total. The number of benzene rings is 1. The first-order chi connectivity index (χ1) is 12.5. The second-order valence-electron chi connectivity index (χ2n) is 5.96. The van der Waals surface area contributed by atoms with Crippen LogP contribution in [0.3, 0.4) is 0 Å². The highest BCUT2D eigenvalue weighted by molar-refractivity contribution is 7.16. The molecule has 1 aliphatic rings. The molecule has 2 aromatic heterocycles. The van der Waals surface area contributed by atoms with Crippen LogP contribution < -0.4 is 10.6 Å². The van der Waals surface area contributed by atoms with Gasteiger partial charge in [-0.25, -0.2) is 9.79 Å². The van der Waals surface area contributed by atoms with E-state index in [2.05, 4.69) is 25.8 Å². The second kappa shape index (κ2) is 6.54. The lowest BCUT2D eigenvalue weighted by Gasteiger charge is -2.29. The van der Waals surface area contributed by atoms with Gasteiger partial charge in [0.15, 0.2) is 0 Å². The highest BCUT2D eigenvalue weighted by atomic mass is 35.5. The van der Waals surface area contributed by atoms with Crippen molar-refractivity contribution >= 4 is 57.2 Å². The molecule has 2 unspecified atom stereocenters. The molecule has 4 rings (SSSR count). The predicted octanol–water partition coefficient (Wildman–Crippen LogP) is 3.76. The molecule has 0 radical (unpaired) electrons. The third-order valence-electron chi connectivity index (χ3n) is 4.23. The molecule has 0 saturated carbocycles. The van der Waals surface area contributed by atoms with Crippen molar-refractivity contribution in [3.8, 4) is 0 Å². The molecule has 2 atom stereocenters. The molecule has 3 N–H and O–H groups in total. The van der Waals surface area contributed by atoms with Crippen LogP contribution in [0.1, 0.15) is 17.8 Å². The number of carbonyl (C=O) groups excluding carboxylic acids is 2. The van der Waals surface area contributed by atoms with Crippen molar-refractivity contribution in [2.45, 2.75) is 13.0 Å². The summed E-state index contributed by atoms with van der Waals surface area (Å²) in [7, 11) is 0. The zero-order valence-electron chi connectivity index (χ0n) is 13.6. The Morgan fingerprint density at radius 1 is 1.31 bits per heavy atom. The average molecular weight is 388 g/mol. The fourth-order valence-electron chi connectivity index (χ4n) is 3.03. The molecule has 9 heteroatoms. The fourth-order valence-corrected chi connectivity index (χ4v) is 4.18. The van der Waals surface area contributed by atoms with Gasteiger partial charge in [0.25, 0.3) is 0 Å². The van der Waals surface area contributed by atoms with Gasteiger partial charge in [-0.15, -0.1) is 11.3 Å². The standard InChI is InChI=1S/C17H14ClN5O2S/c1-8-14(15(22-17(25)20-8)12-4-5-13(18)26-12)16(24)21-10-2-3-11-9(6-10)7-19-23-11/h2-7,14-15H,1H3,(H,19,23)(H,21,24)(H,22,25). The van der Waals surface area contributed by atoms with Crippen molar-refractivity contribution in [2.75, 3.05) is 5.32 Å². The minimum Gasteiger partial charge on any atom is -0.327 e. The minimum absolute atomic E-state index is 0.247. The van der Waals surface area contributed by atoms with E-state index in [0.29, 0.717) is 15.7 Å². The van der Waals surface area contributed by atoms with Gasteiger partial charge in [0.05, 0.1) is 22.1 Å². The third kappa shape index (κ3) is 3.09. The Kier molecular flexibility index (Phi) is 4.21. The molecule has 3 heterocycles. The van der Waals surface area contributed by atoms with Gasteiger partial charge in [0.1, 0.15) is 5.92 Å². The van der Waals surface area contributed by atoms with E-state index >= 15 is 0 Å². The average Bonchev–Trinajstić information content (AvgIpc) is 3.22. The first-order valence-electron chi connectivity index (χ1n) is 7.86. The van der Waals surface area contributed by atoms with E-state index in [4.69, 9.17) is 11.6 Å². The molecule has 1 aliphatic heterocycles. The Hall–Kier alpha value is -2.71. The maximum Gasteiger partial charge on any atom is 0.341 e. The number of nitrogens with one attached hydrogen (secondary N) is 3. The van der Waals surface area contributed by atoms with Crippen molar-refractivity contribution in [3.05, 3.63) is 45.7 Å². The minimum atomic E-state index is -0.623. The number of fused-ring (bicyclic) bond motifs is 1. The Balaban J connectivity index is 1.64. The molecule has 0 aliphatic carbocycles. The summed E-state index contributed by atoms with van der Waals surface area (Å²) >= 11 is 7.35. The third-order valence-corrected chi connectivity index (χ3v) is 5.55. The predicted molar refractivity (Wildman–Crippen MR) is 102 cm³/mol. The largest absolute Gasteiger partial charge is 0.341 e. The number of H-pyrrole nitrogens is 1. The smallest absolute Gasteiger partial charge is 0.327 e. The lowest BCUT2D eigenvalue weighted by atomic mass is 9.91. The van der Waals surface area contributed by atoms with Crippen molar-refractivity contribution < 1.29 is 9.59 Å². The van der Waals surface area contributed by atoms with Gasteiger partial charge in [0, 0.05) is 21.7 Å². The van der Waals surface area contributed by atoms with E-state index in [9.17, 15) is 9.59 Å². The summed E-state index contributed by atoms with van der Waals surface area (Å²) in [5.41, 5.74) is 2.00. The zero-order chi connectivity index (χ0) is 18.3. The second-order valence-corrected chi connectivity index (χ2v) is 7.71. The van der Waals surface area contributed by atoms with Crippen LogP contribution in [0.25, 0.3) is 10.9 Å². The summed E-state index contributed by atoms with van der Waals surface area (Å²) in [6, 6.07) is 8.07. The van der Waals surface area contributed by atoms with Gasteiger partial charge in [-0.2, -0.15) is 5.10 Å². The topological polar surface area (TPSA) is 99.2 Å². The number of aliphatic imine (C=N–C) groups is 1. The molecule has 1 aromatic carbocycles. The summed E-state index contributed by atoms with van der Waals surface area (Å²) in [6.07, 6.45) is 1.69. The molecule has 0 spiro atoms. The van der Waals surface area contributed by atoms with Gasteiger partial charge in [-0.1, -0.05) is 11.6 Å². The maximum atomic E-state index is 13.0. The van der Waals surface area contributed by atoms with Crippen LogP contribution in [0.4, 0.5) is 10.5 Å². The van der Waals surface area contributed by atoms with E-state index in [1.165, 1.54) is 11.3 Å². The van der Waals surface area contributed by atoms with E-state index < -0.39 is 18.0 Å². The maximum absolute atomic E-state index is 13.0. The van der Waals surface area contributed by atoms with Crippen molar-refractivity contribution in [2.24, 2.45) is 10.9 Å². The highest BCUT2D eigenvalue weighted by Crippen LogP contribution is 2.34. The normalized spacial score (nSPS) is 19.9. The lowest BCUT2D eigenvalue weighted by molar-refractivity contribution is -0.118. The molecule has 132 valence electrons. The summed E-state index contributed by atoms with van der Waals surface area (Å²) in [5.74, 6) is -0.869. The fraction of sp³-hybridized carbons (Fsp3) is 0.176. The zero-order valence-corrected chi connectivity index (χ0v) is 15.2. The SMILES string of the molecule is CC1=NC(=O)NC(c2ccc(Cl)s2)C1C(=O)Nc1ccc2[nH]ncc2c1. The van der Waals surface area contributed by atoms with Crippen molar-refractivity contribution in [1.82, 2.24) is 15.5 Å². The number of aromatic nitrogens is 2. The molecular weight excluding hydrogens is 374 g/mol. The van der Waals surface area contributed by atoms with Gasteiger partial charge in [-0.3, -0.25) is 9.89 Å². The number of halogens is 1. The van der Waals surface area contributed by atoms with Crippen molar-refractivity contribution in [3.63, 3.8) is 0 Å². The molecular formula is C17H14ClN5O2S. The number of nitrogens with zero attached hydrogens (tertiary/aromatic N) is 2. The number of hydrogen-bond donors (Lipinski definition) is 3. The van der Waals surface area contributed by atoms with E-state index in [1.54, 1.807) is 25.3 Å². The van der Waals surface area contributed by atoms with Crippen LogP contribution >= 0.6 is 22.9 Å². The summed E-state index contributed by atoms with van der Waals surface area (Å²) in [4.78, 5) is 29.5. The van der Waals surface area contributed by atoms with Crippen LogP contribution in [0.2, 0.25) is 4.34 Å². The van der Waals surface area contributed by atoms with Crippen LogP contribution in [0, 0.1) is 5.92 Å². The van der Waals surface area contributed by atoms with Crippen LogP contribution in [0.15, 0.2) is 41.5 Å². The van der Waals surface area contributed by atoms with Crippen LogP contribution in [-0.4, -0.2) is 27.8 Å². The van der Waals surface area contributed by atoms with E-state index in [0.717, 1.165) is 15.8 Å². The summed E-state index contributed by atoms with van der Waals surface area (Å²) in [6.45, 7) is 1.68. The number of anilines is 1. The number of rotatable bonds is 3. The first kappa shape index (κ1) is 16.7. The molecule has 3 aromatic rings. The van der Waals surface area contributed by atoms with Crippen LogP contribution in [0.5, 0.6) is 0 Å². The number of hydrogen-bond acceptors (Lipinski definition) is 4. The number of aromatic amines is 1. The highest BCUT2D eigenvalue weighted by Gasteiger charge is 2.37. The Morgan fingerprint density at radius 3 is 2.92 bits per heavy atom. The molecule has 0 fully saturated rings. The number of amides is 3. The number of carbonyl (C=O) groups is 2. The lowest BCUT2D eigenvalue weighted by Crippen LogP contribution is -2.45. The van der Waals surface area contributed by atoms with E-state index in [1.807, 2.05) is 18.2 Å². The van der Waals surface area contributed by atoms with Gasteiger partial charge < -0.3 is 10.6 Å². The van der Waals surface area contributed by atoms with Crippen molar-refractivity contribution in [1.29, 1.82) is 0 Å². The molecule has 0 saturated heterocycles. The molecule has 26 heavy (non-hydrogen) atoms. The quantitative estimate of drug-likeness (QED) is 0.638. The first-order valence-corrected chi connectivity index (χ1v) is 9.05. The van der Waals surface area contributed by atoms with Gasteiger partial charge in [0.2, 0.25) is 5.91 Å². The Bertz CT molecular complexity index is 1040.